The summed E-state index contributed by atoms with van der Waals surface area (Å²) < 4.78 is 0. The molecule has 3 heteroatoms. The van der Waals surface area contributed by atoms with Gasteiger partial charge in [-0.15, -0.1) is 0 Å². The van der Waals surface area contributed by atoms with Gasteiger partial charge in [-0.25, -0.2) is 0 Å². The van der Waals surface area contributed by atoms with Gasteiger partial charge in [0.15, 0.2) is 0 Å². The third kappa shape index (κ3) is 5.84. The fraction of sp³-hybridized carbons (Fsp3) is 1.00. The summed E-state index contributed by atoms with van der Waals surface area (Å²) >= 11 is 0. The van der Waals surface area contributed by atoms with Crippen LogP contribution in [0.15, 0.2) is 0 Å². The van der Waals surface area contributed by atoms with E-state index in [-0.39, 0.29) is 5.92 Å². The van der Waals surface area contributed by atoms with Crippen LogP contribution in [0.5, 0.6) is 0 Å². The monoisotopic (exact) mass is 243 g/mol. The summed E-state index contributed by atoms with van der Waals surface area (Å²) in [5.41, 5.74) is 5.52. The molecule has 0 heterocycles. The minimum atomic E-state index is -0.600. The maximum absolute atomic E-state index is 9.90. The third-order valence-corrected chi connectivity index (χ3v) is 4.09. The molecule has 0 bridgehead atoms. The van der Waals surface area contributed by atoms with Gasteiger partial charge in [0.2, 0.25) is 0 Å². The van der Waals surface area contributed by atoms with Gasteiger partial charge in [-0.3, -0.25) is 0 Å². The topological polar surface area (TPSA) is 66.5 Å². The van der Waals surface area contributed by atoms with Crippen LogP contribution in [0.2, 0.25) is 0 Å². The summed E-state index contributed by atoms with van der Waals surface area (Å²) in [6.07, 6.45) is 7.92. The smallest absolute Gasteiger partial charge is 0.0802 e. The molecule has 3 atom stereocenters. The average Bonchev–Trinajstić information content (AvgIpc) is 2.36. The molecule has 3 nitrogen and oxygen atoms in total. The molecule has 17 heavy (non-hydrogen) atoms. The molecule has 0 amide bonds. The minimum absolute atomic E-state index is 0.286. The second-order valence-corrected chi connectivity index (χ2v) is 5.79. The first kappa shape index (κ1) is 14.9. The standard InChI is InChI=1S/C14H29NO2/c1-11(10-15)9-14(17)13(16)8-7-12-5-3-2-4-6-12/h11-14,16-17H,2-10,15H2,1H3/t11?,13-,14+/m1/s1. The maximum Gasteiger partial charge on any atom is 0.0802 e. The maximum atomic E-state index is 9.90. The van der Waals surface area contributed by atoms with E-state index in [0.717, 1.165) is 18.8 Å². The van der Waals surface area contributed by atoms with Crippen LogP contribution in [-0.4, -0.2) is 29.0 Å². The molecule has 1 aliphatic carbocycles. The van der Waals surface area contributed by atoms with Gasteiger partial charge < -0.3 is 15.9 Å². The van der Waals surface area contributed by atoms with Gasteiger partial charge in [-0.2, -0.15) is 0 Å². The van der Waals surface area contributed by atoms with E-state index >= 15 is 0 Å². The third-order valence-electron chi connectivity index (χ3n) is 4.09. The van der Waals surface area contributed by atoms with Gasteiger partial charge in [-0.05, 0) is 37.6 Å². The van der Waals surface area contributed by atoms with Gasteiger partial charge >= 0.3 is 0 Å². The summed E-state index contributed by atoms with van der Waals surface area (Å²) in [5.74, 6) is 1.06. The molecule has 0 aromatic heterocycles. The predicted molar refractivity (Wildman–Crippen MR) is 70.7 cm³/mol. The molecule has 1 unspecified atom stereocenters. The number of aliphatic hydroxyl groups excluding tert-OH is 2. The Morgan fingerprint density at radius 2 is 1.76 bits per heavy atom. The first-order chi connectivity index (χ1) is 8.13. The zero-order valence-corrected chi connectivity index (χ0v) is 11.1. The molecule has 1 aliphatic rings. The normalized spacial score (nSPS) is 23.3. The van der Waals surface area contributed by atoms with E-state index in [9.17, 15) is 10.2 Å². The van der Waals surface area contributed by atoms with E-state index in [2.05, 4.69) is 0 Å². The van der Waals surface area contributed by atoms with E-state index < -0.39 is 12.2 Å². The van der Waals surface area contributed by atoms with Crippen molar-refractivity contribution in [1.29, 1.82) is 0 Å². The largest absolute Gasteiger partial charge is 0.390 e. The molecule has 1 rings (SSSR count). The highest BCUT2D eigenvalue weighted by Crippen LogP contribution is 2.28. The molecule has 0 aliphatic heterocycles. The zero-order chi connectivity index (χ0) is 12.7. The van der Waals surface area contributed by atoms with E-state index in [0.29, 0.717) is 13.0 Å². The van der Waals surface area contributed by atoms with E-state index in [1.54, 1.807) is 0 Å². The predicted octanol–water partition coefficient (Wildman–Crippen LogP) is 2.05. The fourth-order valence-corrected chi connectivity index (χ4v) is 2.74. The van der Waals surface area contributed by atoms with Crippen molar-refractivity contribution in [2.75, 3.05) is 6.54 Å². The number of nitrogens with two attached hydrogens (primary N) is 1. The van der Waals surface area contributed by atoms with E-state index in [4.69, 9.17) is 5.73 Å². The lowest BCUT2D eigenvalue weighted by Crippen LogP contribution is -2.30. The SMILES string of the molecule is CC(CN)C[C@H](O)[C@H](O)CCC1CCCCC1. The van der Waals surface area contributed by atoms with E-state index in [1.807, 2.05) is 6.92 Å². The van der Waals surface area contributed by atoms with Gasteiger partial charge in [0.1, 0.15) is 0 Å². The number of aliphatic hydroxyl groups is 2. The highest BCUT2D eigenvalue weighted by atomic mass is 16.3. The molecular formula is C14H29NO2. The Morgan fingerprint density at radius 3 is 2.35 bits per heavy atom. The second-order valence-electron chi connectivity index (χ2n) is 5.79. The molecule has 4 N–H and O–H groups in total. The Balaban J connectivity index is 2.16. The van der Waals surface area contributed by atoms with Crippen molar-refractivity contribution in [3.05, 3.63) is 0 Å². The molecule has 102 valence electrons. The van der Waals surface area contributed by atoms with Gasteiger partial charge in [0.05, 0.1) is 12.2 Å². The van der Waals surface area contributed by atoms with Crippen LogP contribution in [0.25, 0.3) is 0 Å². The number of hydrogen-bond donors (Lipinski definition) is 3. The Morgan fingerprint density at radius 1 is 1.12 bits per heavy atom. The quantitative estimate of drug-likeness (QED) is 0.641. The summed E-state index contributed by atoms with van der Waals surface area (Å²) in [4.78, 5) is 0. The van der Waals surface area contributed by atoms with Crippen LogP contribution >= 0.6 is 0 Å². The van der Waals surface area contributed by atoms with Crippen molar-refractivity contribution < 1.29 is 10.2 Å². The van der Waals surface area contributed by atoms with Crippen molar-refractivity contribution in [3.63, 3.8) is 0 Å². The Labute approximate surface area is 105 Å². The van der Waals surface area contributed by atoms with Crippen molar-refractivity contribution in [1.82, 2.24) is 0 Å². The summed E-state index contributed by atoms with van der Waals surface area (Å²) in [6, 6.07) is 0. The van der Waals surface area contributed by atoms with Crippen molar-refractivity contribution in [2.24, 2.45) is 17.6 Å². The zero-order valence-electron chi connectivity index (χ0n) is 11.1. The summed E-state index contributed by atoms with van der Waals surface area (Å²) in [5, 5.41) is 19.7. The number of rotatable bonds is 7. The average molecular weight is 243 g/mol. The highest BCUT2D eigenvalue weighted by molar-refractivity contribution is 4.73. The van der Waals surface area contributed by atoms with Crippen LogP contribution in [0, 0.1) is 11.8 Å². The van der Waals surface area contributed by atoms with Crippen LogP contribution in [-0.2, 0) is 0 Å². The molecule has 0 aromatic carbocycles. The lowest BCUT2D eigenvalue weighted by molar-refractivity contribution is -0.00153. The Bertz CT molecular complexity index is 193. The Hall–Kier alpha value is -0.120. The lowest BCUT2D eigenvalue weighted by atomic mass is 9.84. The molecule has 0 spiro atoms. The molecule has 0 radical (unpaired) electrons. The molecule has 0 aromatic rings. The molecule has 1 saturated carbocycles. The van der Waals surface area contributed by atoms with Crippen LogP contribution in [0.4, 0.5) is 0 Å². The summed E-state index contributed by atoms with van der Waals surface area (Å²) in [6.45, 7) is 2.59. The molecular weight excluding hydrogens is 214 g/mol. The first-order valence-electron chi connectivity index (χ1n) is 7.19. The van der Waals surface area contributed by atoms with Gasteiger partial charge in [0, 0.05) is 0 Å². The van der Waals surface area contributed by atoms with Crippen molar-refractivity contribution in [2.45, 2.75) is 70.5 Å². The van der Waals surface area contributed by atoms with Gasteiger partial charge in [0.25, 0.3) is 0 Å². The fourth-order valence-electron chi connectivity index (χ4n) is 2.74. The number of hydrogen-bond acceptors (Lipinski definition) is 3. The minimum Gasteiger partial charge on any atom is -0.390 e. The second kappa shape index (κ2) is 8.06. The van der Waals surface area contributed by atoms with E-state index in [1.165, 1.54) is 32.1 Å². The van der Waals surface area contributed by atoms with Crippen LogP contribution in [0.1, 0.15) is 58.3 Å². The highest BCUT2D eigenvalue weighted by Gasteiger charge is 2.21. The van der Waals surface area contributed by atoms with Crippen LogP contribution < -0.4 is 5.73 Å². The van der Waals surface area contributed by atoms with Crippen molar-refractivity contribution in [3.8, 4) is 0 Å². The first-order valence-corrected chi connectivity index (χ1v) is 7.19. The molecule has 1 fully saturated rings. The van der Waals surface area contributed by atoms with Gasteiger partial charge in [-0.1, -0.05) is 39.0 Å². The lowest BCUT2D eigenvalue weighted by Gasteiger charge is -2.25. The summed E-state index contributed by atoms with van der Waals surface area (Å²) in [7, 11) is 0. The van der Waals surface area contributed by atoms with Crippen LogP contribution in [0.3, 0.4) is 0 Å². The Kier molecular flexibility index (Phi) is 7.09. The van der Waals surface area contributed by atoms with Crippen molar-refractivity contribution >= 4 is 0 Å². The molecule has 0 saturated heterocycles.